The fourth-order valence-electron chi connectivity index (χ4n) is 16.8. The van der Waals surface area contributed by atoms with E-state index in [1.54, 1.807) is 48.5 Å². The zero-order valence-corrected chi connectivity index (χ0v) is 83.5. The molecule has 0 radical (unpaired) electrons. The van der Waals surface area contributed by atoms with Gasteiger partial charge in [-0.3, -0.25) is 72.0 Å². The highest BCUT2D eigenvalue weighted by atomic mass is 35.5. The first-order valence-corrected chi connectivity index (χ1v) is 48.5. The third-order valence-electron chi connectivity index (χ3n) is 23.5. The maximum atomic E-state index is 12.7. The van der Waals surface area contributed by atoms with Crippen molar-refractivity contribution in [3.05, 3.63) is 190 Å². The molecule has 19 N–H and O–H groups in total. The summed E-state index contributed by atoms with van der Waals surface area (Å²) in [5.74, 6) is -6.04. The molecule has 5 aliphatic rings. The van der Waals surface area contributed by atoms with E-state index < -0.39 is 35.8 Å². The predicted molar refractivity (Wildman–Crippen MR) is 553 cm³/mol. The predicted octanol–water partition coefficient (Wildman–Crippen LogP) is 15.7. The summed E-state index contributed by atoms with van der Waals surface area (Å²) in [6.07, 6.45) is 6.23. The number of carbonyl (C=O) groups excluding carboxylic acids is 13. The van der Waals surface area contributed by atoms with Gasteiger partial charge in [0.05, 0.1) is 25.2 Å². The Labute approximate surface area is 852 Å². The van der Waals surface area contributed by atoms with E-state index in [9.17, 15) is 87.2 Å². The van der Waals surface area contributed by atoms with E-state index >= 15 is 0 Å². The Hall–Kier alpha value is -13.6. The van der Waals surface area contributed by atoms with Gasteiger partial charge in [0.15, 0.2) is 0 Å². The molecule has 1 aliphatic heterocycles. The van der Waals surface area contributed by atoms with Crippen LogP contribution in [0.5, 0.6) is 0 Å². The number of anilines is 8. The van der Waals surface area contributed by atoms with E-state index in [0.29, 0.717) is 104 Å². The lowest BCUT2D eigenvalue weighted by atomic mass is 9.97. The van der Waals surface area contributed by atoms with Gasteiger partial charge in [0, 0.05) is 185 Å². The van der Waals surface area contributed by atoms with Gasteiger partial charge in [-0.1, -0.05) is 81.3 Å². The number of nitrogens with one attached hydrogen (secondary N) is 10. The summed E-state index contributed by atoms with van der Waals surface area (Å²) < 4.78 is 5.39. The minimum absolute atomic E-state index is 0. The molecule has 39 heteroatoms. The van der Waals surface area contributed by atoms with E-state index in [0.717, 1.165) is 126 Å². The van der Waals surface area contributed by atoms with Crippen LogP contribution in [0.25, 0.3) is 44.5 Å². The first-order chi connectivity index (χ1) is 67.8. The van der Waals surface area contributed by atoms with Crippen LogP contribution in [0.3, 0.4) is 0 Å². The number of fused-ring (bicyclic) bond motifs is 12. The third kappa shape index (κ3) is 34.9. The SMILES string of the molecule is CCCNC(=O)CCCC(=O)Nc1ccc2c(c1)C(CO)c1cc(NC(=O)CCCC(=O)NCCC)ccc1-2.CCCNC(=O)CCCC(=O)Nc1ccc2c(c1)C(COC(=O)ON1C(=O)CCC1=O)c1cc(NC(=O)CCCC(=O)NCCC)ccc1-2.Cl.Cl.ClCCl.Nc1ccc2c(c1)C(CO)c1cc(N)ccc1-2.O=C(O)CCCC(=O)Nc1ccc2c(c1)C(CO)c1cc(NC(=O)CCCC(=O)O)ccc1-2. The van der Waals surface area contributed by atoms with Gasteiger partial charge in [-0.15, -0.1) is 48.0 Å². The summed E-state index contributed by atoms with van der Waals surface area (Å²) in [7, 11) is 0. The van der Waals surface area contributed by atoms with E-state index in [2.05, 4.69) is 53.2 Å². The number of carboxylic acid groups (broad SMARTS) is 2. The molecule has 4 aliphatic carbocycles. The number of hydrogen-bond acceptors (Lipinski definition) is 22. The molecule has 1 fully saturated rings. The largest absolute Gasteiger partial charge is 0.533 e. The van der Waals surface area contributed by atoms with Crippen molar-refractivity contribution in [1.82, 2.24) is 26.3 Å². The van der Waals surface area contributed by atoms with Crippen LogP contribution < -0.4 is 64.6 Å². The fourth-order valence-corrected chi connectivity index (χ4v) is 16.8. The minimum atomic E-state index is -1.22. The maximum Gasteiger partial charge on any atom is 0.533 e. The van der Waals surface area contributed by atoms with Crippen molar-refractivity contribution in [2.45, 2.75) is 205 Å². The molecule has 0 atom stereocenters. The molecule has 12 amide bonds. The molecular formula is C104H127Cl4N13O22. The monoisotopic (exact) mass is 2050 g/mol. The number of amides is 12. The molecular weight excluding hydrogens is 1930 g/mol. The van der Waals surface area contributed by atoms with Gasteiger partial charge in [0.25, 0.3) is 11.8 Å². The summed E-state index contributed by atoms with van der Waals surface area (Å²) >= 11 is 9.53. The Balaban J connectivity index is 0.000000266. The number of halogens is 4. The normalized spacial score (nSPS) is 12.3. The zero-order valence-electron chi connectivity index (χ0n) is 80.4. The number of alkyl halides is 2. The summed E-state index contributed by atoms with van der Waals surface area (Å²) in [4.78, 5) is 184. The molecule has 8 aromatic carbocycles. The number of imide groups is 1. The second-order valence-electron chi connectivity index (χ2n) is 34.2. The molecule has 0 spiro atoms. The summed E-state index contributed by atoms with van der Waals surface area (Å²) in [6.45, 7) is 9.92. The number of benzene rings is 8. The van der Waals surface area contributed by atoms with Gasteiger partial charge in [-0.05, 0) is 250 Å². The number of carboxylic acids is 2. The topological polar surface area (TPSA) is 551 Å². The van der Waals surface area contributed by atoms with Gasteiger partial charge in [0.2, 0.25) is 59.1 Å². The molecule has 8 aromatic rings. The highest BCUT2D eigenvalue weighted by molar-refractivity contribution is 6.40. The Morgan fingerprint density at radius 1 is 0.322 bits per heavy atom. The van der Waals surface area contributed by atoms with Crippen LogP contribution in [0.2, 0.25) is 0 Å². The van der Waals surface area contributed by atoms with Gasteiger partial charge >= 0.3 is 18.1 Å². The first kappa shape index (κ1) is 116. The van der Waals surface area contributed by atoms with Crippen LogP contribution in [0.4, 0.5) is 50.3 Å². The molecule has 0 aromatic heterocycles. The summed E-state index contributed by atoms with van der Waals surface area (Å²) in [6, 6.07) is 44.5. The Kier molecular flexibility index (Phi) is 48.3. The average Bonchev–Trinajstić information content (AvgIpc) is 1.61. The highest BCUT2D eigenvalue weighted by Crippen LogP contribution is 2.51. The number of ether oxygens (including phenoxy) is 1. The highest BCUT2D eigenvalue weighted by Gasteiger charge is 2.38. The fraction of sp³-hybridized carbons (Fsp3) is 0.394. The molecule has 0 unspecified atom stereocenters. The van der Waals surface area contributed by atoms with Crippen LogP contribution in [-0.2, 0) is 76.7 Å². The number of aliphatic hydroxyl groups excluding tert-OH is 3. The number of rotatable bonds is 44. The van der Waals surface area contributed by atoms with Crippen molar-refractivity contribution in [1.29, 1.82) is 0 Å². The molecule has 0 saturated carbocycles. The van der Waals surface area contributed by atoms with Crippen molar-refractivity contribution in [2.75, 3.05) is 101 Å². The van der Waals surface area contributed by atoms with Gasteiger partial charge < -0.3 is 94.9 Å². The Bertz CT molecular complexity index is 5520. The van der Waals surface area contributed by atoms with E-state index in [-0.39, 0.29) is 223 Å². The number of nitrogen functional groups attached to an aromatic ring is 2. The van der Waals surface area contributed by atoms with Crippen LogP contribution in [0.15, 0.2) is 146 Å². The van der Waals surface area contributed by atoms with Crippen LogP contribution in [0.1, 0.15) is 250 Å². The quantitative estimate of drug-likeness (QED) is 0.00730. The molecule has 35 nitrogen and oxygen atoms in total. The van der Waals surface area contributed by atoms with Gasteiger partial charge in [-0.2, -0.15) is 0 Å². The molecule has 768 valence electrons. The molecule has 1 saturated heterocycles. The van der Waals surface area contributed by atoms with Crippen LogP contribution >= 0.6 is 48.0 Å². The maximum absolute atomic E-state index is 12.7. The van der Waals surface area contributed by atoms with Gasteiger partial charge in [0.1, 0.15) is 6.61 Å². The first-order valence-electron chi connectivity index (χ1n) is 47.4. The lowest BCUT2D eigenvalue weighted by Crippen LogP contribution is -2.32. The molecule has 13 rings (SSSR count). The molecule has 143 heavy (non-hydrogen) atoms. The van der Waals surface area contributed by atoms with Crippen molar-refractivity contribution in [3.8, 4) is 44.5 Å². The minimum Gasteiger partial charge on any atom is -0.481 e. The number of nitrogens with two attached hydrogens (primary N) is 2. The molecule has 1 heterocycles. The smallest absolute Gasteiger partial charge is 0.481 e. The standard InChI is InChI=1S/C35H43N5O9.C30H40N4O5.C24H26N2O7.C14H14N2O.CH2Cl2.2ClH/c1-3-17-36-29(41)7-5-9-31(43)38-22-11-13-24-25-14-12-23(39-32(44)10-6-8-30(42)37-18-4-2)20-27(25)28(26(24)19-22)21-48-35(47)49-40-33(45)15-16-34(40)46;1-3-15-31-27(36)7-5-9-29(38)33-20-11-13-22-23-14-12-21(18-25(23)26(19-35)24(22)17-20)34-30(39)10-6-8-28(37)32-16-4-2;27-13-20-18-11-14(25-21(28)3-1-5-23(30)31)7-9-16(18)17-10-8-15(12-19(17)20)26-22(29)4-2-6-24(32)33;15-8-1-3-10-11-4-2-9(16)6-13(11)14(7-17)12(10)5-8;2-1-3;;/h11-14,19-20,28H,3-10,15-18,21H2,1-2H3,(H,36,41)(H,37,42)(H,38,43)(H,39,44);11-14,17-18,26,35H,3-10,15-16,19H2,1-2H3,(H,31,36)(H,32,37)(H,33,38)(H,34,39);7-12,20,27H,1-6,13H2,(H,25,28)(H,26,29)(H,30,31)(H,32,33);1-6,14,17H,7,15-16H2;1H2;2*1H. The Morgan fingerprint density at radius 3 is 0.741 bits per heavy atom. The van der Waals surface area contributed by atoms with Crippen molar-refractivity contribution in [3.63, 3.8) is 0 Å². The number of hydroxylamine groups is 2. The lowest BCUT2D eigenvalue weighted by molar-refractivity contribution is -0.177. The van der Waals surface area contributed by atoms with Crippen molar-refractivity contribution >= 4 is 182 Å². The van der Waals surface area contributed by atoms with Crippen LogP contribution in [-0.4, -0.2) is 178 Å². The van der Waals surface area contributed by atoms with E-state index in [1.807, 2.05) is 125 Å². The van der Waals surface area contributed by atoms with Gasteiger partial charge in [-0.25, -0.2) is 4.79 Å². The second-order valence-corrected chi connectivity index (χ2v) is 35.0. The number of carbonyl (C=O) groups is 15. The van der Waals surface area contributed by atoms with E-state index in [4.69, 9.17) is 54.5 Å². The Morgan fingerprint density at radius 2 is 0.524 bits per heavy atom. The van der Waals surface area contributed by atoms with Crippen molar-refractivity contribution in [2.24, 2.45) is 0 Å². The lowest BCUT2D eigenvalue weighted by Gasteiger charge is -2.17. The summed E-state index contributed by atoms with van der Waals surface area (Å²) in [5, 5.41) is 76.1. The molecule has 0 bridgehead atoms. The zero-order chi connectivity index (χ0) is 102. The number of nitrogens with zero attached hydrogens (tertiary/aromatic N) is 1. The third-order valence-corrected chi connectivity index (χ3v) is 23.5. The van der Waals surface area contributed by atoms with Crippen LogP contribution in [0, 0.1) is 0 Å². The number of aliphatic carboxylic acids is 2. The number of hydrogen-bond donors (Lipinski definition) is 17. The summed E-state index contributed by atoms with van der Waals surface area (Å²) in [5.41, 5.74) is 31.4. The second kappa shape index (κ2) is 59.4. The van der Waals surface area contributed by atoms with Crippen molar-refractivity contribution < 1.29 is 107 Å². The average molecular weight is 2050 g/mol. The number of aliphatic hydroxyl groups is 3. The van der Waals surface area contributed by atoms with E-state index in [1.165, 1.54) is 0 Å².